The lowest BCUT2D eigenvalue weighted by Crippen LogP contribution is -2.20. The minimum atomic E-state index is -0.718. The Balaban J connectivity index is 2.34. The van der Waals surface area contributed by atoms with Crippen LogP contribution in [-0.4, -0.2) is 17.9 Å². The van der Waals surface area contributed by atoms with Crippen LogP contribution in [0.1, 0.15) is 0 Å². The van der Waals surface area contributed by atoms with Crippen LogP contribution in [0.3, 0.4) is 0 Å². The van der Waals surface area contributed by atoms with Gasteiger partial charge in [0.2, 0.25) is 0 Å². The first-order valence-electron chi connectivity index (χ1n) is 2.03. The van der Waals surface area contributed by atoms with Gasteiger partial charge in [0.05, 0.1) is 6.61 Å². The van der Waals surface area contributed by atoms with Crippen molar-refractivity contribution in [3.05, 3.63) is 12.0 Å². The molecule has 0 bridgehead atoms. The minimum Gasteiger partial charge on any atom is -0.392 e. The van der Waals surface area contributed by atoms with Crippen molar-refractivity contribution in [3.63, 3.8) is 0 Å². The molecule has 0 aliphatic carbocycles. The number of hydrogen-bond acceptors (Lipinski definition) is 4. The van der Waals surface area contributed by atoms with Crippen LogP contribution in [0.2, 0.25) is 0 Å². The van der Waals surface area contributed by atoms with Crippen LogP contribution in [0.4, 0.5) is 4.79 Å². The number of aliphatic hydroxyl groups is 1. The topological polar surface area (TPSA) is 55.8 Å². The van der Waals surface area contributed by atoms with Gasteiger partial charge in [0, 0.05) is 6.08 Å². The van der Waals surface area contributed by atoms with Crippen molar-refractivity contribution in [2.75, 3.05) is 6.61 Å². The molecule has 0 saturated carbocycles. The molecular weight excluding hydrogens is 112 g/mol. The summed E-state index contributed by atoms with van der Waals surface area (Å²) < 4.78 is 8.44. The summed E-state index contributed by atoms with van der Waals surface area (Å²) in [4.78, 5) is 9.82. The molecule has 1 rings (SSSR count). The van der Waals surface area contributed by atoms with Gasteiger partial charge in [-0.25, -0.2) is 4.79 Å². The standard InChI is InChI=1S/C4H4O4/c5-2-1-3-7-4(6)8-3/h1,5H,2H2. The third-order valence-corrected chi connectivity index (χ3v) is 0.626. The van der Waals surface area contributed by atoms with Crippen LogP contribution in [0, 0.1) is 0 Å². The van der Waals surface area contributed by atoms with Crippen molar-refractivity contribution in [2.24, 2.45) is 0 Å². The molecule has 1 N–H and O–H groups in total. The quantitative estimate of drug-likeness (QED) is 0.489. The molecule has 8 heavy (non-hydrogen) atoms. The molecule has 0 aromatic rings. The summed E-state index contributed by atoms with van der Waals surface area (Å²) in [7, 11) is 0. The maximum atomic E-state index is 9.82. The predicted octanol–water partition coefficient (Wildman–Crippen LogP) is -0.0131. The van der Waals surface area contributed by atoms with Crippen LogP contribution in [0.15, 0.2) is 12.0 Å². The maximum absolute atomic E-state index is 9.82. The van der Waals surface area contributed by atoms with Crippen LogP contribution in [0.25, 0.3) is 0 Å². The smallest absolute Gasteiger partial charge is 0.392 e. The zero-order chi connectivity index (χ0) is 5.98. The van der Waals surface area contributed by atoms with E-state index >= 15 is 0 Å². The van der Waals surface area contributed by atoms with E-state index in [4.69, 9.17) is 5.11 Å². The molecule has 4 nitrogen and oxygen atoms in total. The van der Waals surface area contributed by atoms with E-state index < -0.39 is 6.16 Å². The lowest BCUT2D eigenvalue weighted by molar-refractivity contribution is -0.0274. The Morgan fingerprint density at radius 2 is 2.25 bits per heavy atom. The van der Waals surface area contributed by atoms with Crippen molar-refractivity contribution in [1.29, 1.82) is 0 Å². The molecule has 0 unspecified atom stereocenters. The number of ether oxygens (including phenoxy) is 2. The molecule has 0 radical (unpaired) electrons. The van der Waals surface area contributed by atoms with Gasteiger partial charge in [-0.2, -0.15) is 0 Å². The van der Waals surface area contributed by atoms with Crippen LogP contribution < -0.4 is 0 Å². The largest absolute Gasteiger partial charge is 0.524 e. The summed E-state index contributed by atoms with van der Waals surface area (Å²) in [6, 6.07) is 0. The van der Waals surface area contributed by atoms with Gasteiger partial charge >= 0.3 is 6.16 Å². The van der Waals surface area contributed by atoms with Gasteiger partial charge in [0.15, 0.2) is 0 Å². The summed E-state index contributed by atoms with van der Waals surface area (Å²) in [5, 5.41) is 8.14. The second kappa shape index (κ2) is 1.83. The van der Waals surface area contributed by atoms with Gasteiger partial charge < -0.3 is 14.6 Å². The van der Waals surface area contributed by atoms with E-state index in [1.54, 1.807) is 0 Å². The lowest BCUT2D eigenvalue weighted by Gasteiger charge is -2.14. The van der Waals surface area contributed by atoms with Crippen molar-refractivity contribution in [3.8, 4) is 0 Å². The highest BCUT2D eigenvalue weighted by atomic mass is 16.9. The Morgan fingerprint density at radius 1 is 1.62 bits per heavy atom. The number of hydrogen-bond donors (Lipinski definition) is 1. The highest BCUT2D eigenvalue weighted by Gasteiger charge is 2.22. The van der Waals surface area contributed by atoms with Gasteiger partial charge in [-0.05, 0) is 0 Å². The summed E-state index contributed by atoms with van der Waals surface area (Å²) in [5.41, 5.74) is 0. The van der Waals surface area contributed by atoms with Crippen LogP contribution >= 0.6 is 0 Å². The maximum Gasteiger partial charge on any atom is 0.524 e. The first-order valence-corrected chi connectivity index (χ1v) is 2.03. The monoisotopic (exact) mass is 116 g/mol. The predicted molar refractivity (Wildman–Crippen MR) is 22.7 cm³/mol. The summed E-state index contributed by atoms with van der Waals surface area (Å²) in [5.74, 6) is 0.0810. The zero-order valence-electron chi connectivity index (χ0n) is 3.96. The molecule has 0 atom stereocenters. The molecule has 1 aliphatic rings. The fraction of sp³-hybridized carbons (Fsp3) is 0.250. The van der Waals surface area contributed by atoms with E-state index in [-0.39, 0.29) is 12.6 Å². The highest BCUT2D eigenvalue weighted by molar-refractivity contribution is 5.67. The van der Waals surface area contributed by atoms with Crippen LogP contribution in [0.5, 0.6) is 0 Å². The second-order valence-electron chi connectivity index (χ2n) is 1.16. The van der Waals surface area contributed by atoms with E-state index in [1.165, 1.54) is 6.08 Å². The van der Waals surface area contributed by atoms with E-state index in [2.05, 4.69) is 9.47 Å². The Bertz CT molecular complexity index is 127. The number of rotatable bonds is 1. The molecule has 1 fully saturated rings. The average Bonchev–Trinajstić information content (AvgIpc) is 1.64. The molecule has 44 valence electrons. The molecule has 1 heterocycles. The third kappa shape index (κ3) is 0.788. The van der Waals surface area contributed by atoms with E-state index in [0.717, 1.165) is 0 Å². The molecule has 1 aliphatic heterocycles. The molecule has 0 spiro atoms. The fourth-order valence-electron chi connectivity index (χ4n) is 0.330. The van der Waals surface area contributed by atoms with Crippen molar-refractivity contribution >= 4 is 6.16 Å². The molecule has 0 aromatic heterocycles. The summed E-state index contributed by atoms with van der Waals surface area (Å²) in [6.45, 7) is -0.178. The first kappa shape index (κ1) is 5.11. The van der Waals surface area contributed by atoms with Gasteiger partial charge in [-0.15, -0.1) is 0 Å². The van der Waals surface area contributed by atoms with E-state index in [1.807, 2.05) is 0 Å². The molecule has 0 aromatic carbocycles. The first-order chi connectivity index (χ1) is 3.83. The van der Waals surface area contributed by atoms with Gasteiger partial charge in [0.1, 0.15) is 0 Å². The second-order valence-corrected chi connectivity index (χ2v) is 1.16. The fourth-order valence-corrected chi connectivity index (χ4v) is 0.330. The summed E-state index contributed by atoms with van der Waals surface area (Å²) >= 11 is 0. The minimum absolute atomic E-state index is 0.0810. The normalized spacial score (nSPS) is 16.1. The Labute approximate surface area is 45.3 Å². The number of carbonyl (C=O) groups excluding carboxylic acids is 1. The summed E-state index contributed by atoms with van der Waals surface area (Å²) in [6.07, 6.45) is 0.534. The zero-order valence-corrected chi connectivity index (χ0v) is 3.96. The Hall–Kier alpha value is -1.03. The molecule has 1 saturated heterocycles. The van der Waals surface area contributed by atoms with E-state index in [0.29, 0.717) is 0 Å². The van der Waals surface area contributed by atoms with Crippen molar-refractivity contribution in [2.45, 2.75) is 0 Å². The van der Waals surface area contributed by atoms with Crippen molar-refractivity contribution < 1.29 is 19.4 Å². The molecular formula is C4H4O4. The molecule has 4 heteroatoms. The van der Waals surface area contributed by atoms with Gasteiger partial charge in [-0.1, -0.05) is 0 Å². The van der Waals surface area contributed by atoms with Crippen LogP contribution in [-0.2, 0) is 9.47 Å². The number of aliphatic hydroxyl groups excluding tert-OH is 1. The Morgan fingerprint density at radius 3 is 2.62 bits per heavy atom. The molecule has 0 amide bonds. The lowest BCUT2D eigenvalue weighted by atomic mass is 10.6. The average molecular weight is 116 g/mol. The van der Waals surface area contributed by atoms with Gasteiger partial charge in [0.25, 0.3) is 5.95 Å². The third-order valence-electron chi connectivity index (χ3n) is 0.626. The Kier molecular flexibility index (Phi) is 1.17. The highest BCUT2D eigenvalue weighted by Crippen LogP contribution is 2.12. The number of carbonyl (C=O) groups is 1. The number of cyclic esters (lactones) is 2. The van der Waals surface area contributed by atoms with Crippen molar-refractivity contribution in [1.82, 2.24) is 0 Å². The van der Waals surface area contributed by atoms with Gasteiger partial charge in [-0.3, -0.25) is 0 Å². The van der Waals surface area contributed by atoms with E-state index in [9.17, 15) is 4.79 Å². The SMILES string of the molecule is O=C1OC(=CCO)O1.